The molecule has 0 aromatic rings. The minimum absolute atomic E-state index is 0.0107. The van der Waals surface area contributed by atoms with Gasteiger partial charge in [-0.15, -0.1) is 0 Å². The van der Waals surface area contributed by atoms with E-state index < -0.39 is 0 Å². The van der Waals surface area contributed by atoms with Crippen LogP contribution in [0.2, 0.25) is 0 Å². The van der Waals surface area contributed by atoms with Crippen molar-refractivity contribution in [3.05, 3.63) is 0 Å². The van der Waals surface area contributed by atoms with Crippen LogP contribution in [0.3, 0.4) is 0 Å². The van der Waals surface area contributed by atoms with E-state index in [0.717, 1.165) is 12.8 Å². The van der Waals surface area contributed by atoms with Crippen LogP contribution < -0.4 is 0 Å². The molecule has 1 saturated heterocycles. The molecule has 0 aromatic heterocycles. The van der Waals surface area contributed by atoms with Crippen LogP contribution in [0.5, 0.6) is 0 Å². The molecular formula is C13H24O2. The molecular weight excluding hydrogens is 188 g/mol. The fourth-order valence-electron chi connectivity index (χ4n) is 2.20. The number of esters is 1. The highest BCUT2D eigenvalue weighted by molar-refractivity contribution is 5.72. The van der Waals surface area contributed by atoms with Crippen LogP contribution in [-0.4, -0.2) is 11.6 Å². The number of carbonyl (C=O) groups is 1. The molecule has 0 N–H and O–H groups in total. The van der Waals surface area contributed by atoms with E-state index in [-0.39, 0.29) is 11.6 Å². The second-order valence-electron chi connectivity index (χ2n) is 4.94. The Labute approximate surface area is 93.4 Å². The average molecular weight is 212 g/mol. The molecule has 15 heavy (non-hydrogen) atoms. The summed E-state index contributed by atoms with van der Waals surface area (Å²) in [6, 6.07) is 0. The second-order valence-corrected chi connectivity index (χ2v) is 4.94. The Hall–Kier alpha value is -0.530. The Balaban J connectivity index is 2.02. The van der Waals surface area contributed by atoms with Gasteiger partial charge in [-0.25, -0.2) is 0 Å². The third kappa shape index (κ3) is 4.67. The van der Waals surface area contributed by atoms with Gasteiger partial charge in [-0.3, -0.25) is 4.79 Å². The SMILES string of the molecule is CCCCCCCC[C@@]1(C)CCC(=O)O1. The summed E-state index contributed by atoms with van der Waals surface area (Å²) >= 11 is 0. The minimum atomic E-state index is -0.137. The third-order valence-electron chi connectivity index (χ3n) is 3.28. The fourth-order valence-corrected chi connectivity index (χ4v) is 2.20. The van der Waals surface area contributed by atoms with Crippen LogP contribution in [-0.2, 0) is 9.53 Å². The van der Waals surface area contributed by atoms with Crippen LogP contribution in [0, 0.1) is 0 Å². The number of unbranched alkanes of at least 4 members (excludes halogenated alkanes) is 5. The summed E-state index contributed by atoms with van der Waals surface area (Å²) in [5, 5.41) is 0. The lowest BCUT2D eigenvalue weighted by Crippen LogP contribution is -2.23. The molecule has 0 aromatic carbocycles. The van der Waals surface area contributed by atoms with Crippen molar-refractivity contribution in [2.75, 3.05) is 0 Å². The first-order valence-corrected chi connectivity index (χ1v) is 6.38. The summed E-state index contributed by atoms with van der Waals surface area (Å²) in [5.41, 5.74) is -0.137. The molecule has 1 atom stereocenters. The molecule has 1 fully saturated rings. The number of ether oxygens (including phenoxy) is 1. The van der Waals surface area contributed by atoms with Crippen LogP contribution in [0.15, 0.2) is 0 Å². The summed E-state index contributed by atoms with van der Waals surface area (Å²) in [5.74, 6) is -0.0107. The van der Waals surface area contributed by atoms with Crippen LogP contribution in [0.25, 0.3) is 0 Å². The molecule has 88 valence electrons. The summed E-state index contributed by atoms with van der Waals surface area (Å²) in [7, 11) is 0. The van der Waals surface area contributed by atoms with Gasteiger partial charge in [0.1, 0.15) is 5.60 Å². The first-order valence-electron chi connectivity index (χ1n) is 6.38. The third-order valence-corrected chi connectivity index (χ3v) is 3.28. The van der Waals surface area contributed by atoms with Gasteiger partial charge in [0.05, 0.1) is 0 Å². The molecule has 1 heterocycles. The van der Waals surface area contributed by atoms with E-state index in [1.807, 2.05) is 0 Å². The summed E-state index contributed by atoms with van der Waals surface area (Å²) < 4.78 is 5.34. The molecule has 0 saturated carbocycles. The molecule has 2 nitrogen and oxygen atoms in total. The number of rotatable bonds is 7. The zero-order chi connectivity index (χ0) is 11.1. The molecule has 2 heteroatoms. The van der Waals surface area contributed by atoms with Crippen molar-refractivity contribution in [1.82, 2.24) is 0 Å². The minimum Gasteiger partial charge on any atom is -0.459 e. The fraction of sp³-hybridized carbons (Fsp3) is 0.923. The normalized spacial score (nSPS) is 25.6. The Bertz CT molecular complexity index is 201. The molecule has 0 radical (unpaired) electrons. The van der Waals surface area contributed by atoms with Gasteiger partial charge in [-0.1, -0.05) is 39.0 Å². The second kappa shape index (κ2) is 6.14. The molecule has 0 bridgehead atoms. The largest absolute Gasteiger partial charge is 0.459 e. The molecule has 1 rings (SSSR count). The predicted molar refractivity (Wildman–Crippen MR) is 61.7 cm³/mol. The molecule has 1 aliphatic rings. The maximum atomic E-state index is 11.0. The molecule has 1 aliphatic heterocycles. The van der Waals surface area contributed by atoms with Crippen LogP contribution >= 0.6 is 0 Å². The van der Waals surface area contributed by atoms with Gasteiger partial charge in [0, 0.05) is 6.42 Å². The first-order chi connectivity index (χ1) is 7.16. The van der Waals surface area contributed by atoms with E-state index >= 15 is 0 Å². The lowest BCUT2D eigenvalue weighted by Gasteiger charge is -2.22. The number of cyclic esters (lactones) is 1. The molecule has 0 amide bonds. The van der Waals surface area contributed by atoms with Crippen molar-refractivity contribution >= 4 is 5.97 Å². The van der Waals surface area contributed by atoms with E-state index in [1.54, 1.807) is 0 Å². The van der Waals surface area contributed by atoms with Gasteiger partial charge in [-0.05, 0) is 26.2 Å². The van der Waals surface area contributed by atoms with E-state index in [1.165, 1.54) is 38.5 Å². The van der Waals surface area contributed by atoms with Crippen LogP contribution in [0.1, 0.15) is 71.6 Å². The first kappa shape index (κ1) is 12.5. The van der Waals surface area contributed by atoms with Gasteiger partial charge in [0.2, 0.25) is 0 Å². The molecule has 0 spiro atoms. The van der Waals surface area contributed by atoms with E-state index in [2.05, 4.69) is 13.8 Å². The zero-order valence-corrected chi connectivity index (χ0v) is 10.2. The Morgan fingerprint density at radius 1 is 1.20 bits per heavy atom. The summed E-state index contributed by atoms with van der Waals surface area (Å²) in [6.07, 6.45) is 10.4. The molecule has 0 aliphatic carbocycles. The van der Waals surface area contributed by atoms with E-state index in [0.29, 0.717) is 6.42 Å². The number of hydrogen-bond donors (Lipinski definition) is 0. The number of hydrogen-bond acceptors (Lipinski definition) is 2. The Kier molecular flexibility index (Phi) is 5.13. The Morgan fingerprint density at radius 2 is 1.87 bits per heavy atom. The quantitative estimate of drug-likeness (QED) is 0.473. The van der Waals surface area contributed by atoms with Crippen molar-refractivity contribution < 1.29 is 9.53 Å². The van der Waals surface area contributed by atoms with Crippen molar-refractivity contribution in [3.8, 4) is 0 Å². The van der Waals surface area contributed by atoms with Gasteiger partial charge in [0.15, 0.2) is 0 Å². The lowest BCUT2D eigenvalue weighted by atomic mass is 9.95. The van der Waals surface area contributed by atoms with Crippen molar-refractivity contribution in [2.45, 2.75) is 77.2 Å². The summed E-state index contributed by atoms with van der Waals surface area (Å²) in [6.45, 7) is 4.31. The van der Waals surface area contributed by atoms with Crippen molar-refractivity contribution in [1.29, 1.82) is 0 Å². The van der Waals surface area contributed by atoms with Crippen molar-refractivity contribution in [2.24, 2.45) is 0 Å². The number of carbonyl (C=O) groups excluding carboxylic acids is 1. The lowest BCUT2D eigenvalue weighted by molar-refractivity contribution is -0.147. The Morgan fingerprint density at radius 3 is 2.47 bits per heavy atom. The van der Waals surface area contributed by atoms with Gasteiger partial charge in [0.25, 0.3) is 0 Å². The van der Waals surface area contributed by atoms with E-state index in [4.69, 9.17) is 4.74 Å². The maximum Gasteiger partial charge on any atom is 0.306 e. The van der Waals surface area contributed by atoms with Gasteiger partial charge < -0.3 is 4.74 Å². The standard InChI is InChI=1S/C13H24O2/c1-3-4-5-6-7-8-10-13(2)11-9-12(14)15-13/h3-11H2,1-2H3/t13-/m0/s1. The predicted octanol–water partition coefficient (Wildman–Crippen LogP) is 3.83. The highest BCUT2D eigenvalue weighted by Crippen LogP contribution is 2.31. The highest BCUT2D eigenvalue weighted by Gasteiger charge is 2.34. The van der Waals surface area contributed by atoms with E-state index in [9.17, 15) is 4.79 Å². The molecule has 0 unspecified atom stereocenters. The highest BCUT2D eigenvalue weighted by atomic mass is 16.6. The monoisotopic (exact) mass is 212 g/mol. The maximum absolute atomic E-state index is 11.0. The van der Waals surface area contributed by atoms with Gasteiger partial charge in [-0.2, -0.15) is 0 Å². The topological polar surface area (TPSA) is 26.3 Å². The average Bonchev–Trinajstić information content (AvgIpc) is 2.53. The van der Waals surface area contributed by atoms with Crippen molar-refractivity contribution in [3.63, 3.8) is 0 Å². The smallest absolute Gasteiger partial charge is 0.306 e. The summed E-state index contributed by atoms with van der Waals surface area (Å²) in [4.78, 5) is 11.0. The van der Waals surface area contributed by atoms with Crippen LogP contribution in [0.4, 0.5) is 0 Å². The van der Waals surface area contributed by atoms with Gasteiger partial charge >= 0.3 is 5.97 Å². The zero-order valence-electron chi connectivity index (χ0n) is 10.2.